The van der Waals surface area contributed by atoms with Crippen LogP contribution in [-0.4, -0.2) is 16.3 Å². The highest BCUT2D eigenvalue weighted by Gasteiger charge is 2.31. The minimum Gasteiger partial charge on any atom is -0.390 e. The first-order valence-corrected chi connectivity index (χ1v) is 4.21. The maximum absolute atomic E-state index is 13.2. The number of benzene rings is 1. The largest absolute Gasteiger partial charge is 0.390 e. The van der Waals surface area contributed by atoms with Gasteiger partial charge in [-0.2, -0.15) is 0 Å². The maximum Gasteiger partial charge on any atom is 0.132 e. The monoisotopic (exact) mass is 202 g/mol. The van der Waals surface area contributed by atoms with Crippen LogP contribution in [0, 0.1) is 11.6 Å². The van der Waals surface area contributed by atoms with E-state index in [1.807, 2.05) is 0 Å². The zero-order chi connectivity index (χ0) is 10.9. The predicted octanol–water partition coefficient (Wildman–Crippen LogP) is 1.55. The summed E-state index contributed by atoms with van der Waals surface area (Å²) in [6.45, 7) is 2.61. The molecule has 2 nitrogen and oxygen atoms in total. The molecule has 4 heteroatoms. The Hall–Kier alpha value is -1.00. The molecule has 0 amide bonds. The average Bonchev–Trinajstić information content (AvgIpc) is 2.02. The van der Waals surface area contributed by atoms with Gasteiger partial charge in [-0.3, -0.25) is 0 Å². The Morgan fingerprint density at radius 1 is 1.36 bits per heavy atom. The number of rotatable bonds is 2. The van der Waals surface area contributed by atoms with Gasteiger partial charge in [0, 0.05) is 11.6 Å². The van der Waals surface area contributed by atoms with Crippen molar-refractivity contribution in [2.45, 2.75) is 25.6 Å². The van der Waals surface area contributed by atoms with Gasteiger partial charge in [0.15, 0.2) is 0 Å². The third kappa shape index (κ3) is 1.91. The maximum atomic E-state index is 13.2. The molecule has 0 aromatic heterocycles. The van der Waals surface area contributed by atoms with Crippen LogP contribution in [0.15, 0.2) is 18.2 Å². The summed E-state index contributed by atoms with van der Waals surface area (Å²) >= 11 is 0. The SMILES string of the molecule is CC(O)[C@](C)(O)c1ccc(F)cc1F. The molecular formula is C10H12F2O2. The van der Waals surface area contributed by atoms with Crippen molar-refractivity contribution in [1.82, 2.24) is 0 Å². The summed E-state index contributed by atoms with van der Waals surface area (Å²) < 4.78 is 25.7. The number of aliphatic hydroxyl groups is 2. The molecule has 78 valence electrons. The lowest BCUT2D eigenvalue weighted by Gasteiger charge is -2.27. The Labute approximate surface area is 80.8 Å². The van der Waals surface area contributed by atoms with Gasteiger partial charge in [-0.05, 0) is 19.9 Å². The Morgan fingerprint density at radius 2 is 1.93 bits per heavy atom. The Balaban J connectivity index is 3.19. The third-order valence-electron chi connectivity index (χ3n) is 2.29. The highest BCUT2D eigenvalue weighted by atomic mass is 19.1. The van der Waals surface area contributed by atoms with Crippen molar-refractivity contribution in [1.29, 1.82) is 0 Å². The summed E-state index contributed by atoms with van der Waals surface area (Å²) in [5.41, 5.74) is -1.83. The summed E-state index contributed by atoms with van der Waals surface area (Å²) in [7, 11) is 0. The second-order valence-electron chi connectivity index (χ2n) is 3.45. The van der Waals surface area contributed by atoms with Crippen LogP contribution in [0.2, 0.25) is 0 Å². The summed E-state index contributed by atoms with van der Waals surface area (Å²) in [6.07, 6.45) is -1.14. The van der Waals surface area contributed by atoms with E-state index < -0.39 is 23.3 Å². The molecule has 0 aliphatic rings. The molecule has 0 spiro atoms. The standard InChI is InChI=1S/C10H12F2O2/c1-6(13)10(2,14)8-4-3-7(11)5-9(8)12/h3-6,13-14H,1-2H3/t6?,10-/m0/s1. The summed E-state index contributed by atoms with van der Waals surface area (Å²) in [4.78, 5) is 0. The fourth-order valence-corrected chi connectivity index (χ4v) is 1.12. The molecule has 1 unspecified atom stereocenters. The van der Waals surface area contributed by atoms with Crippen molar-refractivity contribution >= 4 is 0 Å². The molecule has 14 heavy (non-hydrogen) atoms. The lowest BCUT2D eigenvalue weighted by atomic mass is 9.90. The Bertz CT molecular complexity index is 335. The van der Waals surface area contributed by atoms with Crippen LogP contribution in [0.5, 0.6) is 0 Å². The van der Waals surface area contributed by atoms with Gasteiger partial charge in [0.2, 0.25) is 0 Å². The summed E-state index contributed by atoms with van der Waals surface area (Å²) in [5, 5.41) is 18.9. The van der Waals surface area contributed by atoms with E-state index in [2.05, 4.69) is 0 Å². The fraction of sp³-hybridized carbons (Fsp3) is 0.400. The molecule has 0 radical (unpaired) electrons. The van der Waals surface area contributed by atoms with Crippen LogP contribution in [0.25, 0.3) is 0 Å². The van der Waals surface area contributed by atoms with Gasteiger partial charge in [0.1, 0.15) is 17.2 Å². The molecule has 1 rings (SSSR count). The van der Waals surface area contributed by atoms with Crippen molar-refractivity contribution in [2.75, 3.05) is 0 Å². The highest BCUT2D eigenvalue weighted by Crippen LogP contribution is 2.27. The quantitative estimate of drug-likeness (QED) is 0.763. The molecule has 1 aromatic carbocycles. The van der Waals surface area contributed by atoms with Crippen molar-refractivity contribution in [3.8, 4) is 0 Å². The first-order chi connectivity index (χ1) is 6.35. The van der Waals surface area contributed by atoms with Crippen molar-refractivity contribution in [3.63, 3.8) is 0 Å². The second-order valence-corrected chi connectivity index (χ2v) is 3.45. The minimum atomic E-state index is -1.71. The summed E-state index contributed by atoms with van der Waals surface area (Å²) in [5.74, 6) is -1.58. The first-order valence-electron chi connectivity index (χ1n) is 4.21. The van der Waals surface area contributed by atoms with E-state index >= 15 is 0 Å². The van der Waals surface area contributed by atoms with Gasteiger partial charge >= 0.3 is 0 Å². The minimum absolute atomic E-state index is 0.117. The van der Waals surface area contributed by atoms with E-state index in [-0.39, 0.29) is 5.56 Å². The van der Waals surface area contributed by atoms with E-state index in [9.17, 15) is 19.0 Å². The topological polar surface area (TPSA) is 40.5 Å². The van der Waals surface area contributed by atoms with Crippen molar-refractivity contribution in [3.05, 3.63) is 35.4 Å². The van der Waals surface area contributed by atoms with Crippen LogP contribution < -0.4 is 0 Å². The third-order valence-corrected chi connectivity index (χ3v) is 2.29. The van der Waals surface area contributed by atoms with E-state index in [1.54, 1.807) is 0 Å². The first kappa shape index (κ1) is 11.1. The second kappa shape index (κ2) is 3.63. The predicted molar refractivity (Wildman–Crippen MR) is 47.6 cm³/mol. The summed E-state index contributed by atoms with van der Waals surface area (Å²) in [6, 6.07) is 2.83. The number of hydrogen-bond donors (Lipinski definition) is 2. The van der Waals surface area contributed by atoms with Crippen LogP contribution in [-0.2, 0) is 5.60 Å². The van der Waals surface area contributed by atoms with Crippen LogP contribution in [0.4, 0.5) is 8.78 Å². The smallest absolute Gasteiger partial charge is 0.132 e. The van der Waals surface area contributed by atoms with Gasteiger partial charge in [0.05, 0.1) is 6.10 Å². The lowest BCUT2D eigenvalue weighted by molar-refractivity contribution is -0.0592. The van der Waals surface area contributed by atoms with Gasteiger partial charge in [-0.25, -0.2) is 8.78 Å². The molecule has 0 aliphatic carbocycles. The van der Waals surface area contributed by atoms with Crippen molar-refractivity contribution < 1.29 is 19.0 Å². The van der Waals surface area contributed by atoms with E-state index in [4.69, 9.17) is 0 Å². The zero-order valence-corrected chi connectivity index (χ0v) is 7.96. The number of aliphatic hydroxyl groups excluding tert-OH is 1. The van der Waals surface area contributed by atoms with Crippen LogP contribution in [0.1, 0.15) is 19.4 Å². The van der Waals surface area contributed by atoms with Crippen LogP contribution in [0.3, 0.4) is 0 Å². The van der Waals surface area contributed by atoms with E-state index in [1.165, 1.54) is 13.8 Å². The van der Waals surface area contributed by atoms with Gasteiger partial charge in [-0.1, -0.05) is 6.07 Å². The molecule has 1 aromatic rings. The molecule has 2 atom stereocenters. The molecule has 0 aliphatic heterocycles. The highest BCUT2D eigenvalue weighted by molar-refractivity contribution is 5.25. The van der Waals surface area contributed by atoms with Crippen LogP contribution >= 0.6 is 0 Å². The lowest BCUT2D eigenvalue weighted by Crippen LogP contribution is -2.35. The molecule has 0 heterocycles. The normalized spacial score (nSPS) is 17.6. The molecular weight excluding hydrogens is 190 g/mol. The Kier molecular flexibility index (Phi) is 2.87. The fourth-order valence-electron chi connectivity index (χ4n) is 1.12. The van der Waals surface area contributed by atoms with Crippen molar-refractivity contribution in [2.24, 2.45) is 0 Å². The van der Waals surface area contributed by atoms with Gasteiger partial charge in [0.25, 0.3) is 0 Å². The molecule has 2 N–H and O–H groups in total. The van der Waals surface area contributed by atoms with Gasteiger partial charge in [-0.15, -0.1) is 0 Å². The van der Waals surface area contributed by atoms with E-state index in [0.29, 0.717) is 6.07 Å². The Morgan fingerprint density at radius 3 is 2.36 bits per heavy atom. The van der Waals surface area contributed by atoms with E-state index in [0.717, 1.165) is 12.1 Å². The molecule has 0 bridgehead atoms. The molecule has 0 saturated carbocycles. The van der Waals surface area contributed by atoms with Gasteiger partial charge < -0.3 is 10.2 Å². The molecule has 0 saturated heterocycles. The number of hydrogen-bond acceptors (Lipinski definition) is 2. The zero-order valence-electron chi connectivity index (χ0n) is 7.96. The number of halogens is 2. The average molecular weight is 202 g/mol. The molecule has 0 fully saturated rings.